The monoisotopic (exact) mass is 339 g/mol. The number of nitrogens with two attached hydrogens (primary N) is 1. The normalized spacial score (nSPS) is 15.5. The maximum atomic E-state index is 12.4. The van der Waals surface area contributed by atoms with Crippen LogP contribution in [0.3, 0.4) is 0 Å². The number of hydrogen-bond acceptors (Lipinski definition) is 3. The molecule has 0 aromatic heterocycles. The van der Waals surface area contributed by atoms with Gasteiger partial charge in [-0.05, 0) is 37.0 Å². The molecule has 0 radical (unpaired) electrons. The lowest BCUT2D eigenvalue weighted by atomic mass is 10.0. The highest BCUT2D eigenvalue weighted by atomic mass is 35.5. The Hall–Kier alpha value is -1.59. The van der Waals surface area contributed by atoms with Crippen molar-refractivity contribution in [3.05, 3.63) is 29.8 Å². The number of benzene rings is 1. The number of nitrogens with zero attached hydrogens (tertiary/aromatic N) is 1. The zero-order valence-corrected chi connectivity index (χ0v) is 14.6. The molecular weight excluding hydrogens is 314 g/mol. The molecule has 1 atom stereocenters. The van der Waals surface area contributed by atoms with Crippen LogP contribution in [0.15, 0.2) is 24.3 Å². The Kier molecular flexibility index (Phi) is 7.52. The third-order valence-electron chi connectivity index (χ3n) is 3.87. The Bertz CT molecular complexity index is 548. The molecule has 2 rings (SSSR count). The number of amides is 2. The van der Waals surface area contributed by atoms with E-state index in [1.807, 2.05) is 12.1 Å². The highest BCUT2D eigenvalue weighted by Crippen LogP contribution is 2.22. The fraction of sp³-hybridized carbons (Fsp3) is 0.529. The van der Waals surface area contributed by atoms with Crippen molar-refractivity contribution < 1.29 is 9.59 Å². The standard InChI is InChI=1S/C17H25N3O2.ClH/c1-12(2)9-14(11-18)19-17(22)13-5-3-6-15(10-13)20-8-4-7-16(20)21;/h3,5-6,10,12,14H,4,7-9,11,18H2,1-2H3,(H,19,22);1H. The van der Waals surface area contributed by atoms with E-state index in [0.29, 0.717) is 24.4 Å². The van der Waals surface area contributed by atoms with Gasteiger partial charge in [-0.25, -0.2) is 0 Å². The Morgan fingerprint density at radius 2 is 2.13 bits per heavy atom. The molecule has 128 valence electrons. The molecule has 1 aromatic rings. The Morgan fingerprint density at radius 1 is 1.39 bits per heavy atom. The second-order valence-corrected chi connectivity index (χ2v) is 6.23. The molecular formula is C17H26ClN3O2. The molecule has 0 aliphatic carbocycles. The molecule has 3 N–H and O–H groups in total. The molecule has 0 bridgehead atoms. The first kappa shape index (κ1) is 19.5. The van der Waals surface area contributed by atoms with Gasteiger partial charge in [-0.1, -0.05) is 19.9 Å². The zero-order valence-electron chi connectivity index (χ0n) is 13.7. The topological polar surface area (TPSA) is 75.4 Å². The quantitative estimate of drug-likeness (QED) is 0.835. The van der Waals surface area contributed by atoms with Crippen LogP contribution in [0.25, 0.3) is 0 Å². The second kappa shape index (κ2) is 8.89. The number of carbonyl (C=O) groups is 2. The minimum absolute atomic E-state index is 0. The zero-order chi connectivity index (χ0) is 16.1. The van der Waals surface area contributed by atoms with Gasteiger partial charge in [-0.15, -0.1) is 12.4 Å². The van der Waals surface area contributed by atoms with Gasteiger partial charge in [0.25, 0.3) is 5.91 Å². The molecule has 1 aliphatic rings. The van der Waals surface area contributed by atoms with Crippen LogP contribution in [0.1, 0.15) is 43.5 Å². The molecule has 5 nitrogen and oxygen atoms in total. The molecule has 23 heavy (non-hydrogen) atoms. The minimum Gasteiger partial charge on any atom is -0.348 e. The number of rotatable bonds is 6. The molecule has 1 heterocycles. The number of hydrogen-bond donors (Lipinski definition) is 2. The van der Waals surface area contributed by atoms with Crippen molar-refractivity contribution in [2.45, 2.75) is 39.2 Å². The van der Waals surface area contributed by atoms with E-state index in [0.717, 1.165) is 25.1 Å². The predicted molar refractivity (Wildman–Crippen MR) is 95.0 cm³/mol. The van der Waals surface area contributed by atoms with Crippen molar-refractivity contribution in [1.82, 2.24) is 5.32 Å². The average Bonchev–Trinajstić information content (AvgIpc) is 2.92. The van der Waals surface area contributed by atoms with E-state index in [2.05, 4.69) is 19.2 Å². The average molecular weight is 340 g/mol. The third kappa shape index (κ3) is 5.22. The Balaban J connectivity index is 0.00000264. The lowest BCUT2D eigenvalue weighted by molar-refractivity contribution is -0.117. The van der Waals surface area contributed by atoms with Crippen LogP contribution in [0.5, 0.6) is 0 Å². The number of nitrogens with one attached hydrogen (secondary N) is 1. The first-order chi connectivity index (χ1) is 10.5. The van der Waals surface area contributed by atoms with Gasteiger partial charge in [-0.3, -0.25) is 9.59 Å². The van der Waals surface area contributed by atoms with Gasteiger partial charge in [-0.2, -0.15) is 0 Å². The predicted octanol–water partition coefficient (Wildman–Crippen LogP) is 2.34. The van der Waals surface area contributed by atoms with Gasteiger partial charge in [0.15, 0.2) is 0 Å². The van der Waals surface area contributed by atoms with E-state index < -0.39 is 0 Å². The Morgan fingerprint density at radius 3 is 2.70 bits per heavy atom. The SMILES string of the molecule is CC(C)CC(CN)NC(=O)c1cccc(N2CCCC2=O)c1.Cl. The molecule has 1 unspecified atom stereocenters. The van der Waals surface area contributed by atoms with Crippen molar-refractivity contribution in [3.8, 4) is 0 Å². The largest absolute Gasteiger partial charge is 0.348 e. The summed E-state index contributed by atoms with van der Waals surface area (Å²) < 4.78 is 0. The van der Waals surface area contributed by atoms with Crippen molar-refractivity contribution in [1.29, 1.82) is 0 Å². The first-order valence-corrected chi connectivity index (χ1v) is 7.92. The summed E-state index contributed by atoms with van der Waals surface area (Å²) in [5.41, 5.74) is 7.09. The maximum Gasteiger partial charge on any atom is 0.251 e. The molecule has 1 aliphatic heterocycles. The van der Waals surface area contributed by atoms with E-state index in [4.69, 9.17) is 5.73 Å². The van der Waals surface area contributed by atoms with Gasteiger partial charge in [0.05, 0.1) is 0 Å². The summed E-state index contributed by atoms with van der Waals surface area (Å²) >= 11 is 0. The highest BCUT2D eigenvalue weighted by molar-refractivity contribution is 5.99. The molecule has 1 aromatic carbocycles. The van der Waals surface area contributed by atoms with E-state index >= 15 is 0 Å². The lowest BCUT2D eigenvalue weighted by Crippen LogP contribution is -2.41. The van der Waals surface area contributed by atoms with Crippen molar-refractivity contribution in [2.75, 3.05) is 18.0 Å². The van der Waals surface area contributed by atoms with Crippen LogP contribution in [0, 0.1) is 5.92 Å². The summed E-state index contributed by atoms with van der Waals surface area (Å²) in [5, 5.41) is 2.98. The van der Waals surface area contributed by atoms with Crippen LogP contribution in [-0.2, 0) is 4.79 Å². The van der Waals surface area contributed by atoms with E-state index in [9.17, 15) is 9.59 Å². The second-order valence-electron chi connectivity index (χ2n) is 6.23. The summed E-state index contributed by atoms with van der Waals surface area (Å²) in [7, 11) is 0. The fourth-order valence-electron chi connectivity index (χ4n) is 2.79. The third-order valence-corrected chi connectivity index (χ3v) is 3.87. The number of halogens is 1. The molecule has 1 fully saturated rings. The number of carbonyl (C=O) groups excluding carboxylic acids is 2. The van der Waals surface area contributed by atoms with Crippen LogP contribution >= 0.6 is 12.4 Å². The summed E-state index contributed by atoms with van der Waals surface area (Å²) in [6.07, 6.45) is 2.31. The van der Waals surface area contributed by atoms with E-state index in [-0.39, 0.29) is 30.3 Å². The Labute approximate surface area is 144 Å². The van der Waals surface area contributed by atoms with Crippen molar-refractivity contribution in [3.63, 3.8) is 0 Å². The fourth-order valence-corrected chi connectivity index (χ4v) is 2.79. The van der Waals surface area contributed by atoms with Crippen molar-refractivity contribution >= 4 is 29.9 Å². The minimum atomic E-state index is -0.135. The van der Waals surface area contributed by atoms with Gasteiger partial charge in [0.2, 0.25) is 5.91 Å². The first-order valence-electron chi connectivity index (χ1n) is 7.92. The maximum absolute atomic E-state index is 12.4. The summed E-state index contributed by atoms with van der Waals surface area (Å²) in [6, 6.07) is 7.21. The van der Waals surface area contributed by atoms with Gasteiger partial charge < -0.3 is 16.0 Å². The summed E-state index contributed by atoms with van der Waals surface area (Å²) in [5.74, 6) is 0.462. The van der Waals surface area contributed by atoms with Crippen LogP contribution in [0.2, 0.25) is 0 Å². The summed E-state index contributed by atoms with van der Waals surface area (Å²) in [6.45, 7) is 5.36. The van der Waals surface area contributed by atoms with Gasteiger partial charge >= 0.3 is 0 Å². The van der Waals surface area contributed by atoms with Gasteiger partial charge in [0, 0.05) is 36.8 Å². The van der Waals surface area contributed by atoms with Gasteiger partial charge in [0.1, 0.15) is 0 Å². The molecule has 2 amide bonds. The lowest BCUT2D eigenvalue weighted by Gasteiger charge is -2.20. The van der Waals surface area contributed by atoms with Crippen LogP contribution in [-0.4, -0.2) is 30.9 Å². The molecule has 0 spiro atoms. The molecule has 0 saturated carbocycles. The highest BCUT2D eigenvalue weighted by Gasteiger charge is 2.22. The van der Waals surface area contributed by atoms with E-state index in [1.165, 1.54) is 0 Å². The number of anilines is 1. The van der Waals surface area contributed by atoms with E-state index in [1.54, 1.807) is 17.0 Å². The van der Waals surface area contributed by atoms with Crippen LogP contribution < -0.4 is 16.0 Å². The summed E-state index contributed by atoms with van der Waals surface area (Å²) in [4.78, 5) is 25.9. The molecule has 6 heteroatoms. The molecule has 1 saturated heterocycles. The van der Waals surface area contributed by atoms with Crippen LogP contribution in [0.4, 0.5) is 5.69 Å². The van der Waals surface area contributed by atoms with Crippen molar-refractivity contribution in [2.24, 2.45) is 11.7 Å². The smallest absolute Gasteiger partial charge is 0.251 e.